The molecular weight excluding hydrogens is 486 g/mol. The van der Waals surface area contributed by atoms with Crippen molar-refractivity contribution in [1.29, 1.82) is 0 Å². The van der Waals surface area contributed by atoms with Crippen LogP contribution >= 0.6 is 0 Å². The van der Waals surface area contributed by atoms with Crippen LogP contribution in [0.2, 0.25) is 0 Å². The molecule has 0 aromatic heterocycles. The average Bonchev–Trinajstić information content (AvgIpc) is 3.67. The number of rotatable bonds is 12. The Morgan fingerprint density at radius 1 is 0.789 bits per heavy atom. The van der Waals surface area contributed by atoms with E-state index in [0.717, 1.165) is 24.0 Å². The Hall–Kier alpha value is -3.88. The summed E-state index contributed by atoms with van der Waals surface area (Å²) in [6, 6.07) is 15.2. The number of carbonyl (C=O) groups is 4. The van der Waals surface area contributed by atoms with Crippen LogP contribution in [-0.4, -0.2) is 52.7 Å². The highest BCUT2D eigenvalue weighted by atomic mass is 16.6. The minimum Gasteiger partial charge on any atom is -0.480 e. The van der Waals surface area contributed by atoms with Crippen molar-refractivity contribution in [3.63, 3.8) is 0 Å². The van der Waals surface area contributed by atoms with Gasteiger partial charge < -0.3 is 25.8 Å². The molecule has 2 aromatic carbocycles. The third-order valence-corrected chi connectivity index (χ3v) is 6.09. The Labute approximate surface area is 223 Å². The summed E-state index contributed by atoms with van der Waals surface area (Å²) in [5, 5.41) is 17.6. The van der Waals surface area contributed by atoms with Crippen LogP contribution in [0.5, 0.6) is 0 Å². The van der Waals surface area contributed by atoms with E-state index < -0.39 is 47.6 Å². The monoisotopic (exact) mass is 523 g/mol. The third kappa shape index (κ3) is 9.88. The van der Waals surface area contributed by atoms with Crippen LogP contribution in [0.1, 0.15) is 51.2 Å². The molecule has 0 spiro atoms. The van der Waals surface area contributed by atoms with E-state index in [4.69, 9.17) is 4.74 Å². The molecule has 1 saturated carbocycles. The van der Waals surface area contributed by atoms with Crippen molar-refractivity contribution in [2.75, 3.05) is 0 Å². The molecule has 1 aliphatic carbocycles. The normalized spacial score (nSPS) is 15.4. The van der Waals surface area contributed by atoms with Crippen LogP contribution in [0, 0.1) is 5.92 Å². The van der Waals surface area contributed by atoms with E-state index >= 15 is 0 Å². The molecule has 38 heavy (non-hydrogen) atoms. The number of amides is 3. The molecule has 2 aromatic rings. The van der Waals surface area contributed by atoms with E-state index in [9.17, 15) is 24.3 Å². The van der Waals surface area contributed by atoms with Gasteiger partial charge in [0.2, 0.25) is 11.8 Å². The van der Waals surface area contributed by atoms with Gasteiger partial charge in [0.1, 0.15) is 23.7 Å². The Balaban J connectivity index is 1.79. The summed E-state index contributed by atoms with van der Waals surface area (Å²) in [7, 11) is 0. The standard InChI is InChI=1S/C29H37N3O6/c1-29(2,3)38-28(37)32-23(17-20-12-8-5-9-13-20)26(34)30-22(16-19-10-6-4-7-11-19)25(33)31-24(27(35)36)18-21-14-15-21/h4-13,21-24H,14-18H2,1-3H3,(H,30,34)(H,31,33)(H,32,37)(H,35,36)/t22-,23-,24?/m1/s1. The zero-order chi connectivity index (χ0) is 27.7. The second kappa shape index (κ2) is 13.1. The van der Waals surface area contributed by atoms with Crippen molar-refractivity contribution in [1.82, 2.24) is 16.0 Å². The van der Waals surface area contributed by atoms with Crippen LogP contribution in [-0.2, 0) is 32.0 Å². The zero-order valence-corrected chi connectivity index (χ0v) is 22.1. The summed E-state index contributed by atoms with van der Waals surface area (Å²) in [5.74, 6) is -1.99. The van der Waals surface area contributed by atoms with Gasteiger partial charge in [0, 0.05) is 12.8 Å². The van der Waals surface area contributed by atoms with Crippen LogP contribution < -0.4 is 16.0 Å². The van der Waals surface area contributed by atoms with E-state index in [1.807, 2.05) is 60.7 Å². The maximum absolute atomic E-state index is 13.5. The molecule has 1 aliphatic rings. The Morgan fingerprint density at radius 3 is 1.66 bits per heavy atom. The van der Waals surface area contributed by atoms with Crippen LogP contribution in [0.15, 0.2) is 60.7 Å². The van der Waals surface area contributed by atoms with Gasteiger partial charge in [0.05, 0.1) is 0 Å². The molecule has 1 fully saturated rings. The first kappa shape index (κ1) is 28.7. The molecule has 204 valence electrons. The summed E-state index contributed by atoms with van der Waals surface area (Å²) in [4.78, 5) is 51.1. The Morgan fingerprint density at radius 2 is 1.24 bits per heavy atom. The lowest BCUT2D eigenvalue weighted by Gasteiger charge is -2.26. The first-order valence-corrected chi connectivity index (χ1v) is 12.9. The van der Waals surface area contributed by atoms with E-state index in [1.165, 1.54) is 0 Å². The first-order chi connectivity index (χ1) is 18.0. The maximum Gasteiger partial charge on any atom is 0.408 e. The predicted octanol–water partition coefficient (Wildman–Crippen LogP) is 3.22. The van der Waals surface area contributed by atoms with Gasteiger partial charge in [-0.05, 0) is 44.2 Å². The minimum atomic E-state index is -1.11. The van der Waals surface area contributed by atoms with Gasteiger partial charge in [0.25, 0.3) is 0 Å². The summed E-state index contributed by atoms with van der Waals surface area (Å²) >= 11 is 0. The average molecular weight is 524 g/mol. The lowest BCUT2D eigenvalue weighted by Crippen LogP contribution is -2.57. The smallest absolute Gasteiger partial charge is 0.408 e. The van der Waals surface area contributed by atoms with E-state index in [2.05, 4.69) is 16.0 Å². The number of benzene rings is 2. The lowest BCUT2D eigenvalue weighted by molar-refractivity contribution is -0.142. The van der Waals surface area contributed by atoms with Crippen molar-refractivity contribution in [2.24, 2.45) is 5.92 Å². The Bertz CT molecular complexity index is 1100. The number of hydrogen-bond donors (Lipinski definition) is 4. The molecular formula is C29H37N3O6. The molecule has 1 unspecified atom stereocenters. The number of nitrogens with one attached hydrogen (secondary N) is 3. The van der Waals surface area contributed by atoms with Crippen molar-refractivity contribution in [2.45, 2.75) is 76.6 Å². The van der Waals surface area contributed by atoms with E-state index in [1.54, 1.807) is 20.8 Å². The van der Waals surface area contributed by atoms with Gasteiger partial charge in [-0.15, -0.1) is 0 Å². The fourth-order valence-electron chi connectivity index (χ4n) is 4.02. The fourth-order valence-corrected chi connectivity index (χ4v) is 4.02. The topological polar surface area (TPSA) is 134 Å². The Kier molecular flexibility index (Phi) is 9.87. The molecule has 9 nitrogen and oxygen atoms in total. The second-order valence-corrected chi connectivity index (χ2v) is 10.7. The third-order valence-electron chi connectivity index (χ3n) is 6.09. The number of hydrogen-bond acceptors (Lipinski definition) is 5. The molecule has 3 atom stereocenters. The quantitative estimate of drug-likeness (QED) is 0.338. The largest absolute Gasteiger partial charge is 0.480 e. The number of carbonyl (C=O) groups excluding carboxylic acids is 3. The van der Waals surface area contributed by atoms with Crippen molar-refractivity contribution < 1.29 is 29.0 Å². The van der Waals surface area contributed by atoms with Crippen LogP contribution in [0.25, 0.3) is 0 Å². The van der Waals surface area contributed by atoms with Crippen molar-refractivity contribution in [3.8, 4) is 0 Å². The van der Waals surface area contributed by atoms with Gasteiger partial charge in [0.15, 0.2) is 0 Å². The molecule has 0 saturated heterocycles. The highest BCUT2D eigenvalue weighted by Gasteiger charge is 2.33. The molecule has 0 aliphatic heterocycles. The van der Waals surface area contributed by atoms with Gasteiger partial charge in [-0.1, -0.05) is 73.5 Å². The summed E-state index contributed by atoms with van der Waals surface area (Å²) < 4.78 is 5.35. The van der Waals surface area contributed by atoms with E-state index in [-0.39, 0.29) is 18.8 Å². The summed E-state index contributed by atoms with van der Waals surface area (Å²) in [6.45, 7) is 5.17. The highest BCUT2D eigenvalue weighted by Crippen LogP contribution is 2.33. The van der Waals surface area contributed by atoms with Crippen LogP contribution in [0.3, 0.4) is 0 Å². The lowest BCUT2D eigenvalue weighted by atomic mass is 10.0. The fraction of sp³-hybridized carbons (Fsp3) is 0.448. The van der Waals surface area contributed by atoms with Gasteiger partial charge in [-0.2, -0.15) is 0 Å². The highest BCUT2D eigenvalue weighted by molar-refractivity contribution is 5.93. The zero-order valence-electron chi connectivity index (χ0n) is 22.1. The number of carboxylic acids is 1. The van der Waals surface area contributed by atoms with E-state index in [0.29, 0.717) is 6.42 Å². The minimum absolute atomic E-state index is 0.151. The molecule has 9 heteroatoms. The van der Waals surface area contributed by atoms with Gasteiger partial charge in [-0.25, -0.2) is 9.59 Å². The molecule has 4 N–H and O–H groups in total. The predicted molar refractivity (Wildman–Crippen MR) is 142 cm³/mol. The first-order valence-electron chi connectivity index (χ1n) is 12.9. The second-order valence-electron chi connectivity index (χ2n) is 10.7. The number of ether oxygens (including phenoxy) is 1. The number of aliphatic carboxylic acids is 1. The molecule has 0 bridgehead atoms. The number of alkyl carbamates (subject to hydrolysis) is 1. The molecule has 3 rings (SSSR count). The van der Waals surface area contributed by atoms with Crippen molar-refractivity contribution >= 4 is 23.9 Å². The summed E-state index contributed by atoms with van der Waals surface area (Å²) in [6.07, 6.45) is 1.81. The van der Waals surface area contributed by atoms with Crippen molar-refractivity contribution in [3.05, 3.63) is 71.8 Å². The molecule has 0 heterocycles. The molecule has 0 radical (unpaired) electrons. The molecule has 3 amide bonds. The van der Waals surface area contributed by atoms with Gasteiger partial charge >= 0.3 is 12.1 Å². The van der Waals surface area contributed by atoms with Crippen LogP contribution in [0.4, 0.5) is 4.79 Å². The number of carboxylic acid groups (broad SMARTS) is 1. The SMILES string of the molecule is CC(C)(C)OC(=O)N[C@H](Cc1ccccc1)C(=O)N[C@H](Cc1ccccc1)C(=O)NC(CC1CC1)C(=O)O. The summed E-state index contributed by atoms with van der Waals surface area (Å²) in [5.41, 5.74) is 0.839. The van der Waals surface area contributed by atoms with Gasteiger partial charge in [-0.3, -0.25) is 9.59 Å². The maximum atomic E-state index is 13.5.